The van der Waals surface area contributed by atoms with Crippen LogP contribution in [0, 0.1) is 0 Å². The molecule has 1 aliphatic heterocycles. The number of carbonyl (C=O) groups is 2. The number of carboxylic acid groups (broad SMARTS) is 1. The first-order valence-electron chi connectivity index (χ1n) is 6.94. The van der Waals surface area contributed by atoms with Gasteiger partial charge in [-0.15, -0.1) is 0 Å². The summed E-state index contributed by atoms with van der Waals surface area (Å²) in [6.07, 6.45) is 3.94. The molecule has 0 spiro atoms. The van der Waals surface area contributed by atoms with Crippen LogP contribution in [-0.2, 0) is 4.79 Å². The van der Waals surface area contributed by atoms with Crippen LogP contribution in [0.25, 0.3) is 0 Å². The monoisotopic (exact) mass is 272 g/mol. The van der Waals surface area contributed by atoms with Gasteiger partial charge in [0.05, 0.1) is 12.1 Å². The molecule has 0 aromatic carbocycles. The van der Waals surface area contributed by atoms with Gasteiger partial charge in [-0.1, -0.05) is 13.3 Å². The third-order valence-corrected chi connectivity index (χ3v) is 3.69. The molecule has 1 heterocycles. The van der Waals surface area contributed by atoms with E-state index in [1.807, 2.05) is 6.92 Å². The summed E-state index contributed by atoms with van der Waals surface area (Å²) in [6, 6.07) is -0.189. The van der Waals surface area contributed by atoms with Crippen molar-refractivity contribution in [2.75, 3.05) is 19.7 Å². The highest BCUT2D eigenvalue weighted by molar-refractivity contribution is 5.75. The van der Waals surface area contributed by atoms with Gasteiger partial charge in [-0.3, -0.25) is 4.79 Å². The molecule has 2 amide bonds. The molecule has 6 heteroatoms. The summed E-state index contributed by atoms with van der Waals surface area (Å²) in [4.78, 5) is 24.2. The molecule has 1 unspecified atom stereocenters. The van der Waals surface area contributed by atoms with Crippen LogP contribution in [0.4, 0.5) is 4.79 Å². The Labute approximate surface area is 113 Å². The second-order valence-corrected chi connectivity index (χ2v) is 5.12. The number of aliphatic hydroxyl groups is 1. The van der Waals surface area contributed by atoms with Crippen LogP contribution < -0.4 is 5.32 Å². The van der Waals surface area contributed by atoms with Crippen molar-refractivity contribution in [3.05, 3.63) is 0 Å². The first-order valence-corrected chi connectivity index (χ1v) is 6.94. The van der Waals surface area contributed by atoms with Gasteiger partial charge in [-0.25, -0.2) is 4.79 Å². The summed E-state index contributed by atoms with van der Waals surface area (Å²) in [5.41, 5.74) is -0.425. The SMILES string of the molecule is CCCC1(CO)CCCN1C(=O)NCCCC(=O)O. The molecule has 19 heavy (non-hydrogen) atoms. The number of hydrogen-bond acceptors (Lipinski definition) is 3. The summed E-state index contributed by atoms with van der Waals surface area (Å²) >= 11 is 0. The number of rotatable bonds is 7. The standard InChI is InChI=1S/C13H24N2O4/c1-2-6-13(10-16)7-4-9-15(13)12(19)14-8-3-5-11(17)18/h16H,2-10H2,1H3,(H,14,19)(H,17,18). The van der Waals surface area contributed by atoms with Gasteiger partial charge in [0.1, 0.15) is 0 Å². The molecule has 6 nitrogen and oxygen atoms in total. The zero-order valence-electron chi connectivity index (χ0n) is 11.5. The minimum atomic E-state index is -0.855. The Morgan fingerprint density at radius 2 is 2.16 bits per heavy atom. The van der Waals surface area contributed by atoms with E-state index in [-0.39, 0.29) is 19.1 Å². The van der Waals surface area contributed by atoms with Crippen LogP contribution in [0.15, 0.2) is 0 Å². The van der Waals surface area contributed by atoms with E-state index >= 15 is 0 Å². The summed E-state index contributed by atoms with van der Waals surface area (Å²) in [7, 11) is 0. The van der Waals surface area contributed by atoms with Crippen LogP contribution in [0.5, 0.6) is 0 Å². The lowest BCUT2D eigenvalue weighted by Crippen LogP contribution is -2.53. The molecule has 1 saturated heterocycles. The predicted molar refractivity (Wildman–Crippen MR) is 70.9 cm³/mol. The molecule has 110 valence electrons. The minimum absolute atomic E-state index is 0.0105. The minimum Gasteiger partial charge on any atom is -0.481 e. The smallest absolute Gasteiger partial charge is 0.317 e. The van der Waals surface area contributed by atoms with Gasteiger partial charge >= 0.3 is 12.0 Å². The van der Waals surface area contributed by atoms with Crippen molar-refractivity contribution in [1.29, 1.82) is 0 Å². The molecule has 0 aromatic rings. The highest BCUT2D eigenvalue weighted by Crippen LogP contribution is 2.33. The Kier molecular flexibility index (Phi) is 6.08. The van der Waals surface area contributed by atoms with Gasteiger partial charge in [-0.2, -0.15) is 0 Å². The van der Waals surface area contributed by atoms with E-state index < -0.39 is 11.5 Å². The number of amides is 2. The largest absolute Gasteiger partial charge is 0.481 e. The normalized spacial score (nSPS) is 22.5. The van der Waals surface area contributed by atoms with E-state index in [4.69, 9.17) is 5.11 Å². The van der Waals surface area contributed by atoms with Crippen molar-refractivity contribution < 1.29 is 19.8 Å². The van der Waals surface area contributed by atoms with E-state index in [2.05, 4.69) is 5.32 Å². The number of likely N-dealkylation sites (tertiary alicyclic amines) is 1. The maximum atomic E-state index is 12.1. The van der Waals surface area contributed by atoms with Crippen LogP contribution in [0.3, 0.4) is 0 Å². The Balaban J connectivity index is 2.47. The van der Waals surface area contributed by atoms with Crippen LogP contribution in [0.2, 0.25) is 0 Å². The summed E-state index contributed by atoms with van der Waals surface area (Å²) in [6.45, 7) is 3.04. The second kappa shape index (κ2) is 7.33. The molecule has 0 aromatic heterocycles. The van der Waals surface area contributed by atoms with Crippen molar-refractivity contribution in [1.82, 2.24) is 10.2 Å². The van der Waals surface area contributed by atoms with E-state index in [0.717, 1.165) is 25.7 Å². The fraction of sp³-hybridized carbons (Fsp3) is 0.846. The number of hydrogen-bond donors (Lipinski definition) is 3. The first kappa shape index (κ1) is 15.8. The highest BCUT2D eigenvalue weighted by Gasteiger charge is 2.42. The van der Waals surface area contributed by atoms with Gasteiger partial charge in [0.25, 0.3) is 0 Å². The highest BCUT2D eigenvalue weighted by atomic mass is 16.4. The zero-order valence-corrected chi connectivity index (χ0v) is 11.5. The molecule has 0 aliphatic carbocycles. The van der Waals surface area contributed by atoms with Gasteiger partial charge in [0, 0.05) is 19.5 Å². The number of carbonyl (C=O) groups excluding carboxylic acids is 1. The molecule has 1 rings (SSSR count). The fourth-order valence-corrected chi connectivity index (χ4v) is 2.75. The number of nitrogens with zero attached hydrogens (tertiary/aromatic N) is 1. The lowest BCUT2D eigenvalue weighted by molar-refractivity contribution is -0.137. The summed E-state index contributed by atoms with van der Waals surface area (Å²) < 4.78 is 0. The van der Waals surface area contributed by atoms with Crippen LogP contribution in [0.1, 0.15) is 45.4 Å². The Hall–Kier alpha value is -1.30. The van der Waals surface area contributed by atoms with Gasteiger partial charge < -0.3 is 20.4 Å². The Morgan fingerprint density at radius 3 is 2.74 bits per heavy atom. The summed E-state index contributed by atoms with van der Waals surface area (Å²) in [5, 5.41) is 20.9. The lowest BCUT2D eigenvalue weighted by Gasteiger charge is -2.37. The number of aliphatic hydroxyl groups excluding tert-OH is 1. The van der Waals surface area contributed by atoms with Crippen molar-refractivity contribution in [2.45, 2.75) is 51.0 Å². The topological polar surface area (TPSA) is 89.9 Å². The molecule has 0 bridgehead atoms. The third kappa shape index (κ3) is 4.09. The predicted octanol–water partition coefficient (Wildman–Crippen LogP) is 1.19. The van der Waals surface area contributed by atoms with Gasteiger partial charge in [-0.05, 0) is 25.7 Å². The zero-order chi connectivity index (χ0) is 14.3. The van der Waals surface area contributed by atoms with Crippen molar-refractivity contribution >= 4 is 12.0 Å². The molecule has 0 radical (unpaired) electrons. The number of urea groups is 1. The third-order valence-electron chi connectivity index (χ3n) is 3.69. The number of aliphatic carboxylic acids is 1. The van der Waals surface area contributed by atoms with E-state index in [9.17, 15) is 14.7 Å². The number of nitrogens with one attached hydrogen (secondary N) is 1. The lowest BCUT2D eigenvalue weighted by atomic mass is 9.92. The van der Waals surface area contributed by atoms with E-state index in [1.165, 1.54) is 0 Å². The van der Waals surface area contributed by atoms with E-state index in [1.54, 1.807) is 4.90 Å². The maximum absolute atomic E-state index is 12.1. The van der Waals surface area contributed by atoms with Gasteiger partial charge in [0.2, 0.25) is 0 Å². The molecule has 1 aliphatic rings. The molecule has 3 N–H and O–H groups in total. The quantitative estimate of drug-likeness (QED) is 0.607. The van der Waals surface area contributed by atoms with Crippen LogP contribution in [-0.4, -0.2) is 52.3 Å². The Morgan fingerprint density at radius 1 is 1.42 bits per heavy atom. The second-order valence-electron chi connectivity index (χ2n) is 5.12. The number of carboxylic acids is 1. The van der Waals surface area contributed by atoms with Crippen LogP contribution >= 0.6 is 0 Å². The first-order chi connectivity index (χ1) is 9.05. The van der Waals surface area contributed by atoms with Crippen molar-refractivity contribution in [2.24, 2.45) is 0 Å². The Bertz CT molecular complexity index is 322. The molecule has 0 saturated carbocycles. The molecule has 1 fully saturated rings. The molecular weight excluding hydrogens is 248 g/mol. The average molecular weight is 272 g/mol. The maximum Gasteiger partial charge on any atom is 0.317 e. The summed E-state index contributed by atoms with van der Waals surface area (Å²) in [5.74, 6) is -0.855. The van der Waals surface area contributed by atoms with E-state index in [0.29, 0.717) is 19.5 Å². The van der Waals surface area contributed by atoms with Crippen molar-refractivity contribution in [3.8, 4) is 0 Å². The fourth-order valence-electron chi connectivity index (χ4n) is 2.75. The van der Waals surface area contributed by atoms with Crippen molar-refractivity contribution in [3.63, 3.8) is 0 Å². The molecular formula is C13H24N2O4. The molecule has 1 atom stereocenters. The average Bonchev–Trinajstić information content (AvgIpc) is 2.79. The van der Waals surface area contributed by atoms with Gasteiger partial charge in [0.15, 0.2) is 0 Å².